The van der Waals surface area contributed by atoms with Gasteiger partial charge in [0.15, 0.2) is 0 Å². The molecule has 1 aromatic rings. The Morgan fingerprint density at radius 3 is 2.58 bits per heavy atom. The zero-order chi connectivity index (χ0) is 18.9. The molecule has 1 amide bonds. The number of likely N-dealkylation sites (tertiary alicyclic amines) is 1. The van der Waals surface area contributed by atoms with Gasteiger partial charge in [0.2, 0.25) is 0 Å². The second-order valence-electron chi connectivity index (χ2n) is 7.43. The van der Waals surface area contributed by atoms with Crippen LogP contribution < -0.4 is 0 Å². The van der Waals surface area contributed by atoms with Crippen molar-refractivity contribution in [2.45, 2.75) is 44.1 Å². The molecule has 1 aromatic carbocycles. The highest BCUT2D eigenvalue weighted by molar-refractivity contribution is 5.81. The first-order valence-corrected chi connectivity index (χ1v) is 9.00. The molecule has 26 heavy (non-hydrogen) atoms. The number of amides is 1. The number of carbonyl (C=O) groups is 1. The summed E-state index contributed by atoms with van der Waals surface area (Å²) in [6, 6.07) is 5.55. The number of likely N-dealkylation sites (N-methyl/N-ethyl adjacent to an activating group) is 1. The molecule has 1 spiro atoms. The Labute approximate surface area is 151 Å². The van der Waals surface area contributed by atoms with Gasteiger partial charge in [-0.25, -0.2) is 0 Å². The maximum Gasteiger partial charge on any atom is 0.416 e. The first-order chi connectivity index (χ1) is 12.2. The number of halogens is 3. The molecule has 4 nitrogen and oxygen atoms in total. The molecule has 0 radical (unpaired) electrons. The van der Waals surface area contributed by atoms with Gasteiger partial charge in [-0.1, -0.05) is 18.2 Å². The summed E-state index contributed by atoms with van der Waals surface area (Å²) >= 11 is 0. The van der Waals surface area contributed by atoms with Gasteiger partial charge in [-0.3, -0.25) is 4.79 Å². The second kappa shape index (κ2) is 7.19. The predicted molar refractivity (Wildman–Crippen MR) is 91.7 cm³/mol. The van der Waals surface area contributed by atoms with Crippen LogP contribution in [-0.4, -0.2) is 60.6 Å². The predicted octanol–water partition coefficient (Wildman–Crippen LogP) is 2.96. The van der Waals surface area contributed by atoms with Crippen LogP contribution in [0.5, 0.6) is 0 Å². The van der Waals surface area contributed by atoms with Crippen molar-refractivity contribution in [1.29, 1.82) is 0 Å². The van der Waals surface area contributed by atoms with Gasteiger partial charge in [-0.05, 0) is 37.8 Å². The molecule has 2 saturated heterocycles. The molecular formula is C19H25F3N2O2. The number of morpholine rings is 1. The van der Waals surface area contributed by atoms with E-state index in [2.05, 4.69) is 4.90 Å². The van der Waals surface area contributed by atoms with E-state index >= 15 is 0 Å². The minimum absolute atomic E-state index is 0.0163. The molecule has 1 unspecified atom stereocenters. The van der Waals surface area contributed by atoms with E-state index in [1.54, 1.807) is 17.9 Å². The Bertz CT molecular complexity index is 638. The molecule has 0 N–H and O–H groups in total. The fraction of sp³-hybridized carbons (Fsp3) is 0.632. The van der Waals surface area contributed by atoms with Gasteiger partial charge in [-0.15, -0.1) is 0 Å². The fourth-order valence-electron chi connectivity index (χ4n) is 3.93. The molecule has 3 rings (SSSR count). The van der Waals surface area contributed by atoms with Gasteiger partial charge in [0, 0.05) is 33.2 Å². The van der Waals surface area contributed by atoms with Crippen LogP contribution in [0.2, 0.25) is 0 Å². The van der Waals surface area contributed by atoms with E-state index in [9.17, 15) is 18.0 Å². The summed E-state index contributed by atoms with van der Waals surface area (Å²) in [5.74, 6) is 0.0163. The Morgan fingerprint density at radius 2 is 1.96 bits per heavy atom. The number of benzene rings is 1. The van der Waals surface area contributed by atoms with E-state index in [0.29, 0.717) is 18.5 Å². The van der Waals surface area contributed by atoms with Crippen molar-refractivity contribution in [3.8, 4) is 0 Å². The number of alkyl halides is 3. The van der Waals surface area contributed by atoms with Gasteiger partial charge < -0.3 is 14.5 Å². The summed E-state index contributed by atoms with van der Waals surface area (Å²) in [6.07, 6.45) is -2.46. The van der Waals surface area contributed by atoms with Gasteiger partial charge in [-0.2, -0.15) is 13.2 Å². The Morgan fingerprint density at radius 1 is 1.27 bits per heavy atom. The zero-order valence-electron chi connectivity index (χ0n) is 15.2. The summed E-state index contributed by atoms with van der Waals surface area (Å²) < 4.78 is 44.4. The fourth-order valence-corrected chi connectivity index (χ4v) is 3.93. The molecule has 2 aliphatic heterocycles. The molecule has 0 aromatic heterocycles. The van der Waals surface area contributed by atoms with Crippen LogP contribution in [0.15, 0.2) is 24.3 Å². The minimum atomic E-state index is -4.30. The summed E-state index contributed by atoms with van der Waals surface area (Å²) in [5, 5.41) is 0. The lowest BCUT2D eigenvalue weighted by Gasteiger charge is -2.48. The molecule has 0 bridgehead atoms. The van der Waals surface area contributed by atoms with Crippen molar-refractivity contribution in [3.63, 3.8) is 0 Å². The van der Waals surface area contributed by atoms with Crippen LogP contribution >= 0.6 is 0 Å². The summed E-state index contributed by atoms with van der Waals surface area (Å²) in [4.78, 5) is 15.9. The highest BCUT2D eigenvalue weighted by Crippen LogP contribution is 2.33. The standard InChI is InChI=1S/C19H25F3N2O2/c1-14-17(25)23(2)13-18(26-14)7-10-24(11-8-18)9-6-15-4-3-5-16(12-15)19(20,21)22/h3-5,12,14H,6-11,13H2,1-2H3. The first kappa shape index (κ1) is 19.2. The van der Waals surface area contributed by atoms with Gasteiger partial charge in [0.1, 0.15) is 6.10 Å². The number of nitrogens with zero attached hydrogens (tertiary/aromatic N) is 2. The maximum atomic E-state index is 12.8. The Hall–Kier alpha value is -1.60. The second-order valence-corrected chi connectivity index (χ2v) is 7.43. The summed E-state index contributed by atoms with van der Waals surface area (Å²) in [6.45, 7) is 4.78. The molecule has 2 heterocycles. The number of hydrogen-bond acceptors (Lipinski definition) is 3. The van der Waals surface area contributed by atoms with Crippen molar-refractivity contribution >= 4 is 5.91 Å². The van der Waals surface area contributed by atoms with E-state index in [-0.39, 0.29) is 11.5 Å². The van der Waals surface area contributed by atoms with Crippen molar-refractivity contribution in [3.05, 3.63) is 35.4 Å². The molecule has 2 fully saturated rings. The normalized spacial score (nSPS) is 24.3. The van der Waals surface area contributed by atoms with Crippen LogP contribution in [0.3, 0.4) is 0 Å². The highest BCUT2D eigenvalue weighted by Gasteiger charge is 2.44. The molecular weight excluding hydrogens is 345 g/mol. The number of ether oxygens (including phenoxy) is 1. The van der Waals surface area contributed by atoms with Crippen LogP contribution in [0, 0.1) is 0 Å². The van der Waals surface area contributed by atoms with Crippen LogP contribution in [0.25, 0.3) is 0 Å². The lowest BCUT2D eigenvalue weighted by molar-refractivity contribution is -0.186. The van der Waals surface area contributed by atoms with Gasteiger partial charge >= 0.3 is 6.18 Å². The van der Waals surface area contributed by atoms with Crippen molar-refractivity contribution < 1.29 is 22.7 Å². The molecule has 7 heteroatoms. The van der Waals surface area contributed by atoms with Crippen LogP contribution in [-0.2, 0) is 22.1 Å². The number of hydrogen-bond donors (Lipinski definition) is 0. The van der Waals surface area contributed by atoms with Gasteiger partial charge in [0.05, 0.1) is 11.2 Å². The lowest BCUT2D eigenvalue weighted by atomic mass is 9.88. The number of rotatable bonds is 3. The number of piperidine rings is 1. The smallest absolute Gasteiger partial charge is 0.360 e. The number of carbonyl (C=O) groups excluding carboxylic acids is 1. The third-order valence-corrected chi connectivity index (χ3v) is 5.41. The summed E-state index contributed by atoms with van der Waals surface area (Å²) in [5.41, 5.74) is -0.174. The zero-order valence-corrected chi connectivity index (χ0v) is 15.2. The summed E-state index contributed by atoms with van der Waals surface area (Å²) in [7, 11) is 1.81. The molecule has 2 aliphatic rings. The highest BCUT2D eigenvalue weighted by atomic mass is 19.4. The SMILES string of the molecule is CC1OC2(CCN(CCc3cccc(C(F)(F)F)c3)CC2)CN(C)C1=O. The van der Waals surface area contributed by atoms with Crippen LogP contribution in [0.1, 0.15) is 30.9 Å². The third-order valence-electron chi connectivity index (χ3n) is 5.41. The average Bonchev–Trinajstić information content (AvgIpc) is 2.59. The maximum absolute atomic E-state index is 12.8. The van der Waals surface area contributed by atoms with Gasteiger partial charge in [0.25, 0.3) is 5.91 Å². The topological polar surface area (TPSA) is 32.8 Å². The van der Waals surface area contributed by atoms with Crippen molar-refractivity contribution in [1.82, 2.24) is 9.80 Å². The largest absolute Gasteiger partial charge is 0.416 e. The Kier molecular flexibility index (Phi) is 5.30. The third kappa shape index (κ3) is 4.20. The average molecular weight is 370 g/mol. The van der Waals surface area contributed by atoms with E-state index < -0.39 is 17.8 Å². The molecule has 1 atom stereocenters. The molecule has 0 saturated carbocycles. The first-order valence-electron chi connectivity index (χ1n) is 9.00. The molecule has 0 aliphatic carbocycles. The van der Waals surface area contributed by atoms with E-state index in [1.807, 2.05) is 7.05 Å². The van der Waals surface area contributed by atoms with Crippen molar-refractivity contribution in [2.75, 3.05) is 33.2 Å². The Balaban J connectivity index is 1.53. The quantitative estimate of drug-likeness (QED) is 0.820. The minimum Gasteiger partial charge on any atom is -0.360 e. The van der Waals surface area contributed by atoms with E-state index in [0.717, 1.165) is 38.5 Å². The van der Waals surface area contributed by atoms with Crippen LogP contribution in [0.4, 0.5) is 13.2 Å². The lowest BCUT2D eigenvalue weighted by Crippen LogP contribution is -2.60. The molecule has 144 valence electrons. The van der Waals surface area contributed by atoms with E-state index in [4.69, 9.17) is 4.74 Å². The van der Waals surface area contributed by atoms with Crippen molar-refractivity contribution in [2.24, 2.45) is 0 Å². The van der Waals surface area contributed by atoms with E-state index in [1.165, 1.54) is 12.1 Å². The monoisotopic (exact) mass is 370 g/mol.